The normalized spacial score (nSPS) is 34.8. The van der Waals surface area contributed by atoms with Crippen LogP contribution in [-0.4, -0.2) is 17.9 Å². The van der Waals surface area contributed by atoms with Crippen molar-refractivity contribution in [2.45, 2.75) is 124 Å². The van der Waals surface area contributed by atoms with E-state index in [4.69, 9.17) is 4.74 Å². The third-order valence-electron chi connectivity index (χ3n) is 13.6. The summed E-state index contributed by atoms with van der Waals surface area (Å²) >= 11 is 0. The molecule has 3 heteroatoms. The highest BCUT2D eigenvalue weighted by molar-refractivity contribution is 6.09. The van der Waals surface area contributed by atoms with Crippen LogP contribution < -0.4 is 0 Å². The fourth-order valence-electron chi connectivity index (χ4n) is 11.3. The lowest BCUT2D eigenvalue weighted by atomic mass is 9.44. The first-order valence-corrected chi connectivity index (χ1v) is 18.5. The standard InChI is InChI=1S/C42H58O3/c1-28(2)13-11-14-29(3)34-20-21-35-39-36(22-24-42(34,35)5)41(4)23-10-9-19-33(41)27-37(39)45-38(43)26-30-15-12-18-32(25-30)40(44)31-16-7-6-8-17-31/h6-8,12,15-18,25,28-29,33-37,39H,9-11,13-14,19-24,26-27H2,1-5H3/t29-,33-,34-,35+,36+,37-,39+,41+,42-/m1/s1. The van der Waals surface area contributed by atoms with Crippen molar-refractivity contribution in [3.63, 3.8) is 0 Å². The number of carbonyl (C=O) groups is 2. The van der Waals surface area contributed by atoms with E-state index < -0.39 is 0 Å². The first-order valence-electron chi connectivity index (χ1n) is 18.5. The molecule has 4 aliphatic carbocycles. The van der Waals surface area contributed by atoms with Gasteiger partial charge in [-0.2, -0.15) is 0 Å². The van der Waals surface area contributed by atoms with Crippen molar-refractivity contribution < 1.29 is 14.3 Å². The number of ether oxygens (including phenoxy) is 1. The van der Waals surface area contributed by atoms with Gasteiger partial charge in [0.1, 0.15) is 6.10 Å². The lowest BCUT2D eigenvalue weighted by Gasteiger charge is -2.62. The van der Waals surface area contributed by atoms with Crippen molar-refractivity contribution in [3.8, 4) is 0 Å². The molecule has 6 rings (SSSR count). The van der Waals surface area contributed by atoms with Gasteiger partial charge in [0.25, 0.3) is 0 Å². The zero-order valence-electron chi connectivity index (χ0n) is 28.7. The zero-order chi connectivity index (χ0) is 31.8. The highest BCUT2D eigenvalue weighted by Gasteiger charge is 2.63. The second-order valence-corrected chi connectivity index (χ2v) is 16.6. The van der Waals surface area contributed by atoms with Gasteiger partial charge in [-0.1, -0.05) is 115 Å². The first kappa shape index (κ1) is 32.5. The molecule has 4 saturated carbocycles. The maximum atomic E-state index is 13.8. The Morgan fingerprint density at radius 3 is 2.36 bits per heavy atom. The van der Waals surface area contributed by atoms with Crippen molar-refractivity contribution in [2.75, 3.05) is 0 Å². The Kier molecular flexibility index (Phi) is 9.66. The average Bonchev–Trinajstić information content (AvgIpc) is 3.38. The molecule has 244 valence electrons. The van der Waals surface area contributed by atoms with Crippen LogP contribution >= 0.6 is 0 Å². The molecule has 4 aliphatic rings. The Labute approximate surface area is 273 Å². The predicted octanol–water partition coefficient (Wildman–Crippen LogP) is 10.5. The highest BCUT2D eigenvalue weighted by Crippen LogP contribution is 2.68. The SMILES string of the molecule is CC(C)CCC[C@@H](C)[C@H]1CC[C@H]2[C@@H]3[C@H](OC(=O)Cc4cccc(C(=O)c5ccccc5)c4)C[C@H]4CCCC[C@]4(C)[C@H]3CC[C@]12C. The largest absolute Gasteiger partial charge is 0.462 e. The lowest BCUT2D eigenvalue weighted by molar-refractivity contribution is -0.190. The van der Waals surface area contributed by atoms with Gasteiger partial charge < -0.3 is 4.74 Å². The fraction of sp³-hybridized carbons (Fsp3) is 0.667. The fourth-order valence-corrected chi connectivity index (χ4v) is 11.3. The van der Waals surface area contributed by atoms with E-state index >= 15 is 0 Å². The highest BCUT2D eigenvalue weighted by atomic mass is 16.5. The quantitative estimate of drug-likeness (QED) is 0.199. The van der Waals surface area contributed by atoms with Crippen molar-refractivity contribution >= 4 is 11.8 Å². The van der Waals surface area contributed by atoms with E-state index in [1.807, 2.05) is 54.6 Å². The molecule has 0 aliphatic heterocycles. The number of rotatable bonds is 10. The van der Waals surface area contributed by atoms with Crippen LogP contribution in [0.3, 0.4) is 0 Å². The molecule has 0 bridgehead atoms. The molecule has 3 nitrogen and oxygen atoms in total. The van der Waals surface area contributed by atoms with E-state index in [0.717, 1.165) is 29.7 Å². The molecule has 9 atom stereocenters. The maximum Gasteiger partial charge on any atom is 0.310 e. The van der Waals surface area contributed by atoms with Gasteiger partial charge in [0.2, 0.25) is 0 Å². The molecule has 0 unspecified atom stereocenters. The van der Waals surface area contributed by atoms with Crippen LogP contribution in [0.4, 0.5) is 0 Å². The molecule has 0 heterocycles. The summed E-state index contributed by atoms with van der Waals surface area (Å²) < 4.78 is 6.66. The van der Waals surface area contributed by atoms with Crippen LogP contribution in [0, 0.1) is 52.3 Å². The van der Waals surface area contributed by atoms with E-state index in [1.54, 1.807) is 0 Å². The monoisotopic (exact) mass is 610 g/mol. The Balaban J connectivity index is 1.20. The number of hydrogen-bond acceptors (Lipinski definition) is 3. The minimum atomic E-state index is -0.119. The van der Waals surface area contributed by atoms with Crippen LogP contribution in [0.15, 0.2) is 54.6 Å². The van der Waals surface area contributed by atoms with Crippen LogP contribution in [0.5, 0.6) is 0 Å². The van der Waals surface area contributed by atoms with E-state index in [9.17, 15) is 9.59 Å². The van der Waals surface area contributed by atoms with Gasteiger partial charge in [-0.15, -0.1) is 0 Å². The molecule has 0 N–H and O–H groups in total. The van der Waals surface area contributed by atoms with Gasteiger partial charge in [-0.25, -0.2) is 0 Å². The number of hydrogen-bond donors (Lipinski definition) is 0. The van der Waals surface area contributed by atoms with Gasteiger partial charge in [0.15, 0.2) is 5.78 Å². The van der Waals surface area contributed by atoms with Gasteiger partial charge in [0, 0.05) is 17.0 Å². The molecule has 0 spiro atoms. The van der Waals surface area contributed by atoms with E-state index in [0.29, 0.717) is 45.6 Å². The van der Waals surface area contributed by atoms with Gasteiger partial charge in [-0.3, -0.25) is 9.59 Å². The second-order valence-electron chi connectivity index (χ2n) is 16.6. The third kappa shape index (κ3) is 6.44. The average molecular weight is 611 g/mol. The summed E-state index contributed by atoms with van der Waals surface area (Å²) in [4.78, 5) is 26.9. The summed E-state index contributed by atoms with van der Waals surface area (Å²) in [6.07, 6.45) is 15.9. The first-order chi connectivity index (χ1) is 21.6. The number of fused-ring (bicyclic) bond motifs is 5. The number of ketones is 1. The predicted molar refractivity (Wildman–Crippen MR) is 183 cm³/mol. The maximum absolute atomic E-state index is 13.8. The molecule has 2 aromatic carbocycles. The van der Waals surface area contributed by atoms with Gasteiger partial charge in [0.05, 0.1) is 6.42 Å². The number of benzene rings is 2. The molecule has 0 saturated heterocycles. The molecule has 0 aromatic heterocycles. The summed E-state index contributed by atoms with van der Waals surface area (Å²) in [5, 5.41) is 0. The third-order valence-corrected chi connectivity index (χ3v) is 13.6. The smallest absolute Gasteiger partial charge is 0.310 e. The minimum absolute atomic E-state index is 0.00626. The second kappa shape index (κ2) is 13.4. The van der Waals surface area contributed by atoms with Gasteiger partial charge >= 0.3 is 5.97 Å². The molecule has 4 fully saturated rings. The Morgan fingerprint density at radius 2 is 1.58 bits per heavy atom. The molecule has 0 amide bonds. The van der Waals surface area contributed by atoms with Crippen molar-refractivity contribution in [1.82, 2.24) is 0 Å². The summed E-state index contributed by atoms with van der Waals surface area (Å²) in [5.41, 5.74) is 2.91. The zero-order valence-corrected chi connectivity index (χ0v) is 28.7. The van der Waals surface area contributed by atoms with Crippen LogP contribution in [-0.2, 0) is 16.0 Å². The molecular formula is C42H58O3. The van der Waals surface area contributed by atoms with E-state index in [1.165, 1.54) is 70.6 Å². The Bertz CT molecular complexity index is 1330. The van der Waals surface area contributed by atoms with E-state index in [-0.39, 0.29) is 24.3 Å². The molecule has 45 heavy (non-hydrogen) atoms. The van der Waals surface area contributed by atoms with Crippen LogP contribution in [0.25, 0.3) is 0 Å². The molecule has 2 aromatic rings. The van der Waals surface area contributed by atoms with Crippen molar-refractivity contribution in [2.24, 2.45) is 52.3 Å². The summed E-state index contributed by atoms with van der Waals surface area (Å²) in [5.74, 6) is 4.66. The molecular weight excluding hydrogens is 552 g/mol. The van der Waals surface area contributed by atoms with E-state index in [2.05, 4.69) is 34.6 Å². The summed E-state index contributed by atoms with van der Waals surface area (Å²) in [7, 11) is 0. The Morgan fingerprint density at radius 1 is 0.822 bits per heavy atom. The summed E-state index contributed by atoms with van der Waals surface area (Å²) in [6, 6.07) is 17.0. The lowest BCUT2D eigenvalue weighted by Crippen LogP contribution is -2.58. The van der Waals surface area contributed by atoms with Crippen LogP contribution in [0.1, 0.15) is 133 Å². The van der Waals surface area contributed by atoms with Gasteiger partial charge in [-0.05, 0) is 103 Å². The molecule has 0 radical (unpaired) electrons. The number of esters is 1. The minimum Gasteiger partial charge on any atom is -0.462 e. The van der Waals surface area contributed by atoms with Crippen LogP contribution in [0.2, 0.25) is 0 Å². The Hall–Kier alpha value is -2.42. The number of carbonyl (C=O) groups excluding carboxylic acids is 2. The topological polar surface area (TPSA) is 43.4 Å². The summed E-state index contributed by atoms with van der Waals surface area (Å²) in [6.45, 7) is 12.5. The van der Waals surface area contributed by atoms with Crippen molar-refractivity contribution in [3.05, 3.63) is 71.3 Å². The van der Waals surface area contributed by atoms with Crippen molar-refractivity contribution in [1.29, 1.82) is 0 Å².